The van der Waals surface area contributed by atoms with Gasteiger partial charge in [0.1, 0.15) is 5.01 Å². The molecule has 18 heavy (non-hydrogen) atoms. The summed E-state index contributed by atoms with van der Waals surface area (Å²) in [6.45, 7) is 6.40. The molecule has 6 heteroatoms. The molecule has 0 aliphatic carbocycles. The third kappa shape index (κ3) is 3.16. The standard InChI is InChI=1S/C12H16N4OS/c1-8(2)14-10-4-12(17)16(13-5-10)6-11-15-9(3)7-18-11/h4-5,7-8,14H,6H2,1-3H3. The molecule has 96 valence electrons. The summed E-state index contributed by atoms with van der Waals surface area (Å²) in [5, 5.41) is 10.2. The number of aromatic nitrogens is 3. The van der Waals surface area contributed by atoms with Crippen molar-refractivity contribution in [3.8, 4) is 0 Å². The highest BCUT2D eigenvalue weighted by atomic mass is 32.1. The summed E-state index contributed by atoms with van der Waals surface area (Å²) in [6, 6.07) is 1.84. The van der Waals surface area contributed by atoms with Crippen molar-refractivity contribution in [2.24, 2.45) is 0 Å². The minimum absolute atomic E-state index is 0.117. The number of rotatable bonds is 4. The topological polar surface area (TPSA) is 59.8 Å². The monoisotopic (exact) mass is 264 g/mol. The van der Waals surface area contributed by atoms with Crippen molar-refractivity contribution in [3.05, 3.63) is 38.7 Å². The molecule has 0 aliphatic rings. The van der Waals surface area contributed by atoms with Gasteiger partial charge in [0.2, 0.25) is 0 Å². The normalized spacial score (nSPS) is 10.9. The van der Waals surface area contributed by atoms with Crippen LogP contribution < -0.4 is 10.9 Å². The van der Waals surface area contributed by atoms with Crippen molar-refractivity contribution in [3.63, 3.8) is 0 Å². The molecular weight excluding hydrogens is 248 g/mol. The lowest BCUT2D eigenvalue weighted by atomic mass is 10.3. The maximum Gasteiger partial charge on any atom is 0.269 e. The first kappa shape index (κ1) is 12.8. The number of nitrogens with one attached hydrogen (secondary N) is 1. The zero-order valence-electron chi connectivity index (χ0n) is 10.7. The minimum atomic E-state index is -0.117. The van der Waals surface area contributed by atoms with E-state index in [-0.39, 0.29) is 11.6 Å². The van der Waals surface area contributed by atoms with Crippen LogP contribution in [0.4, 0.5) is 5.69 Å². The molecule has 5 nitrogen and oxygen atoms in total. The van der Waals surface area contributed by atoms with Crippen molar-refractivity contribution in [1.29, 1.82) is 0 Å². The van der Waals surface area contributed by atoms with Gasteiger partial charge in [-0.05, 0) is 20.8 Å². The Morgan fingerprint density at radius 1 is 1.50 bits per heavy atom. The largest absolute Gasteiger partial charge is 0.381 e. The molecule has 0 fully saturated rings. The van der Waals surface area contributed by atoms with Crippen LogP contribution in [0, 0.1) is 6.92 Å². The van der Waals surface area contributed by atoms with Crippen LogP contribution >= 0.6 is 11.3 Å². The highest BCUT2D eigenvalue weighted by molar-refractivity contribution is 7.09. The number of hydrogen-bond acceptors (Lipinski definition) is 5. The highest BCUT2D eigenvalue weighted by Crippen LogP contribution is 2.09. The average Bonchev–Trinajstić information content (AvgIpc) is 2.67. The maximum atomic E-state index is 11.9. The van der Waals surface area contributed by atoms with Gasteiger partial charge in [-0.2, -0.15) is 5.10 Å². The van der Waals surface area contributed by atoms with E-state index in [2.05, 4.69) is 15.4 Å². The van der Waals surface area contributed by atoms with E-state index in [0.717, 1.165) is 16.4 Å². The van der Waals surface area contributed by atoms with Crippen molar-refractivity contribution in [2.45, 2.75) is 33.4 Å². The molecule has 1 N–H and O–H groups in total. The van der Waals surface area contributed by atoms with Crippen LogP contribution in [-0.2, 0) is 6.54 Å². The van der Waals surface area contributed by atoms with Crippen molar-refractivity contribution in [2.75, 3.05) is 5.32 Å². The van der Waals surface area contributed by atoms with Crippen LogP contribution in [0.1, 0.15) is 24.5 Å². The van der Waals surface area contributed by atoms with Gasteiger partial charge in [-0.25, -0.2) is 9.67 Å². The van der Waals surface area contributed by atoms with Crippen molar-refractivity contribution in [1.82, 2.24) is 14.8 Å². The Hall–Kier alpha value is -1.69. The molecule has 0 aromatic carbocycles. The zero-order chi connectivity index (χ0) is 13.1. The Kier molecular flexibility index (Phi) is 3.76. The van der Waals surface area contributed by atoms with Crippen molar-refractivity contribution >= 4 is 17.0 Å². The van der Waals surface area contributed by atoms with Crippen LogP contribution in [0.25, 0.3) is 0 Å². The maximum absolute atomic E-state index is 11.9. The molecule has 0 bridgehead atoms. The molecule has 2 aromatic rings. The Morgan fingerprint density at radius 3 is 2.83 bits per heavy atom. The Morgan fingerprint density at radius 2 is 2.28 bits per heavy atom. The molecule has 2 aromatic heterocycles. The van der Waals surface area contributed by atoms with E-state index in [1.54, 1.807) is 23.6 Å². The van der Waals surface area contributed by atoms with E-state index in [1.165, 1.54) is 4.68 Å². The molecule has 2 rings (SSSR count). The summed E-state index contributed by atoms with van der Waals surface area (Å²) in [6.07, 6.45) is 1.67. The molecule has 0 saturated heterocycles. The van der Waals surface area contributed by atoms with Gasteiger partial charge in [-0.3, -0.25) is 4.79 Å². The van der Waals surface area contributed by atoms with Crippen LogP contribution in [0.15, 0.2) is 22.4 Å². The lowest BCUT2D eigenvalue weighted by Crippen LogP contribution is -2.24. The Bertz CT molecular complexity index is 588. The van der Waals surface area contributed by atoms with E-state index in [4.69, 9.17) is 0 Å². The van der Waals surface area contributed by atoms with Crippen LogP contribution in [0.2, 0.25) is 0 Å². The summed E-state index contributed by atoms with van der Waals surface area (Å²) in [7, 11) is 0. The third-order valence-electron chi connectivity index (χ3n) is 2.28. The molecule has 0 amide bonds. The SMILES string of the molecule is Cc1csc(Cn2ncc(NC(C)C)cc2=O)n1. The van der Waals surface area contributed by atoms with E-state index in [0.29, 0.717) is 6.54 Å². The summed E-state index contributed by atoms with van der Waals surface area (Å²) in [5.74, 6) is 0. The number of thiazole rings is 1. The van der Waals surface area contributed by atoms with Crippen LogP contribution in [0.5, 0.6) is 0 Å². The first-order valence-electron chi connectivity index (χ1n) is 5.79. The van der Waals surface area contributed by atoms with Gasteiger partial charge in [0.25, 0.3) is 5.56 Å². The fourth-order valence-electron chi connectivity index (χ4n) is 1.57. The molecule has 0 saturated carbocycles. The lowest BCUT2D eigenvalue weighted by molar-refractivity contribution is 0.635. The molecule has 0 spiro atoms. The molecule has 0 radical (unpaired) electrons. The second-order valence-electron chi connectivity index (χ2n) is 4.42. The van der Waals surface area contributed by atoms with Gasteiger partial charge in [0.15, 0.2) is 0 Å². The fourth-order valence-corrected chi connectivity index (χ4v) is 2.32. The summed E-state index contributed by atoms with van der Waals surface area (Å²) < 4.78 is 1.42. The number of anilines is 1. The second-order valence-corrected chi connectivity index (χ2v) is 5.36. The first-order chi connectivity index (χ1) is 8.54. The van der Waals surface area contributed by atoms with E-state index >= 15 is 0 Å². The van der Waals surface area contributed by atoms with E-state index in [9.17, 15) is 4.79 Å². The molecule has 0 unspecified atom stereocenters. The summed E-state index contributed by atoms with van der Waals surface area (Å²) >= 11 is 1.54. The van der Waals surface area contributed by atoms with Gasteiger partial charge in [-0.1, -0.05) is 0 Å². The smallest absolute Gasteiger partial charge is 0.269 e. The van der Waals surface area contributed by atoms with E-state index < -0.39 is 0 Å². The van der Waals surface area contributed by atoms with Crippen LogP contribution in [0.3, 0.4) is 0 Å². The molecule has 2 heterocycles. The summed E-state index contributed by atoms with van der Waals surface area (Å²) in [4.78, 5) is 16.2. The van der Waals surface area contributed by atoms with Crippen LogP contribution in [-0.4, -0.2) is 20.8 Å². The minimum Gasteiger partial charge on any atom is -0.381 e. The molecule has 0 aliphatic heterocycles. The quantitative estimate of drug-likeness (QED) is 0.916. The van der Waals surface area contributed by atoms with Crippen molar-refractivity contribution < 1.29 is 0 Å². The first-order valence-corrected chi connectivity index (χ1v) is 6.67. The van der Waals surface area contributed by atoms with Gasteiger partial charge in [-0.15, -0.1) is 11.3 Å². The van der Waals surface area contributed by atoms with Gasteiger partial charge < -0.3 is 5.32 Å². The zero-order valence-corrected chi connectivity index (χ0v) is 11.5. The van der Waals surface area contributed by atoms with Gasteiger partial charge in [0.05, 0.1) is 18.4 Å². The predicted molar refractivity (Wildman–Crippen MR) is 73.2 cm³/mol. The average molecular weight is 264 g/mol. The number of nitrogens with zero attached hydrogens (tertiary/aromatic N) is 3. The summed E-state index contributed by atoms with van der Waals surface area (Å²) in [5.41, 5.74) is 1.61. The highest BCUT2D eigenvalue weighted by Gasteiger charge is 2.04. The Balaban J connectivity index is 2.17. The Labute approximate surface area is 110 Å². The fraction of sp³-hybridized carbons (Fsp3) is 0.417. The molecule has 0 atom stereocenters. The van der Waals surface area contributed by atoms with E-state index in [1.807, 2.05) is 26.2 Å². The lowest BCUT2D eigenvalue weighted by Gasteiger charge is -2.09. The second kappa shape index (κ2) is 5.30. The van der Waals surface area contributed by atoms with Gasteiger partial charge in [0, 0.05) is 23.2 Å². The van der Waals surface area contributed by atoms with Gasteiger partial charge >= 0.3 is 0 Å². The predicted octanol–water partition coefficient (Wildman–Crippen LogP) is 1.88. The molecular formula is C12H16N4OS. The third-order valence-corrected chi connectivity index (χ3v) is 3.23. The number of aryl methyl sites for hydroxylation is 1. The number of hydrogen-bond donors (Lipinski definition) is 1.